The van der Waals surface area contributed by atoms with Crippen LogP contribution in [-0.4, -0.2) is 38.5 Å². The van der Waals surface area contributed by atoms with Gasteiger partial charge in [-0.2, -0.15) is 0 Å². The van der Waals surface area contributed by atoms with E-state index in [4.69, 9.17) is 4.99 Å². The highest BCUT2D eigenvalue weighted by Gasteiger charge is 2.04. The molecule has 0 aromatic heterocycles. The van der Waals surface area contributed by atoms with Crippen LogP contribution >= 0.6 is 24.0 Å². The van der Waals surface area contributed by atoms with E-state index in [0.717, 1.165) is 44.0 Å². The zero-order valence-corrected chi connectivity index (χ0v) is 20.2. The zero-order valence-electron chi connectivity index (χ0n) is 17.8. The molecule has 0 aliphatic rings. The summed E-state index contributed by atoms with van der Waals surface area (Å²) in [6.45, 7) is 8.66. The second-order valence-electron chi connectivity index (χ2n) is 6.90. The number of benzene rings is 2. The Bertz CT molecular complexity index is 820. The second-order valence-corrected chi connectivity index (χ2v) is 6.90. The molecule has 2 aromatic carbocycles. The number of carbonyl (C=O) groups excluding carboxylic acids is 1. The molecule has 0 radical (unpaired) electrons. The van der Waals surface area contributed by atoms with E-state index in [1.807, 2.05) is 24.3 Å². The van der Waals surface area contributed by atoms with Gasteiger partial charge in [0.25, 0.3) is 5.91 Å². The topological polar surface area (TPSA) is 65.5 Å². The van der Waals surface area contributed by atoms with Gasteiger partial charge in [-0.3, -0.25) is 9.79 Å². The summed E-state index contributed by atoms with van der Waals surface area (Å²) in [4.78, 5) is 16.4. The monoisotopic (exact) mass is 508 g/mol. The van der Waals surface area contributed by atoms with Gasteiger partial charge < -0.3 is 16.0 Å². The van der Waals surface area contributed by atoms with Crippen molar-refractivity contribution < 1.29 is 4.79 Å². The van der Waals surface area contributed by atoms with E-state index in [9.17, 15) is 4.79 Å². The van der Waals surface area contributed by atoms with Crippen LogP contribution in [0.2, 0.25) is 0 Å². The number of amides is 1. The van der Waals surface area contributed by atoms with Crippen LogP contribution in [0.1, 0.15) is 39.5 Å². The van der Waals surface area contributed by atoms with Crippen molar-refractivity contribution in [2.75, 3.05) is 26.7 Å². The lowest BCUT2D eigenvalue weighted by molar-refractivity contribution is 0.0963. The van der Waals surface area contributed by atoms with Crippen LogP contribution in [-0.2, 0) is 12.8 Å². The molecule has 0 unspecified atom stereocenters. The van der Waals surface area contributed by atoms with E-state index in [1.54, 1.807) is 7.05 Å². The second kappa shape index (κ2) is 13.2. The van der Waals surface area contributed by atoms with E-state index in [-0.39, 0.29) is 29.9 Å². The SMILES string of the molecule is CCNC(=NCCc1ccc(C)cc1C)NCCc1cccc(C(=O)NC)c1.I. The van der Waals surface area contributed by atoms with E-state index < -0.39 is 0 Å². The molecule has 158 valence electrons. The number of nitrogens with one attached hydrogen (secondary N) is 3. The predicted octanol–water partition coefficient (Wildman–Crippen LogP) is 3.62. The van der Waals surface area contributed by atoms with Crippen molar-refractivity contribution in [3.63, 3.8) is 0 Å². The first kappa shape index (κ1) is 24.9. The maximum Gasteiger partial charge on any atom is 0.251 e. The number of halogens is 1. The lowest BCUT2D eigenvalue weighted by Crippen LogP contribution is -2.38. The summed E-state index contributed by atoms with van der Waals surface area (Å²) in [5.74, 6) is 0.769. The largest absolute Gasteiger partial charge is 0.357 e. The molecule has 0 saturated carbocycles. The quantitative estimate of drug-likeness (QED) is 0.290. The van der Waals surface area contributed by atoms with E-state index in [1.165, 1.54) is 16.7 Å². The molecular weight excluding hydrogens is 475 g/mol. The van der Waals surface area contributed by atoms with Crippen LogP contribution in [0.3, 0.4) is 0 Å². The van der Waals surface area contributed by atoms with Crippen LogP contribution in [0.5, 0.6) is 0 Å². The molecule has 0 aliphatic heterocycles. The highest BCUT2D eigenvalue weighted by atomic mass is 127. The first-order chi connectivity index (χ1) is 13.5. The Morgan fingerprint density at radius 3 is 2.52 bits per heavy atom. The van der Waals surface area contributed by atoms with Gasteiger partial charge in [0.2, 0.25) is 0 Å². The van der Waals surface area contributed by atoms with Crippen molar-refractivity contribution in [3.05, 3.63) is 70.3 Å². The Balaban J connectivity index is 0.00000420. The number of hydrogen-bond acceptors (Lipinski definition) is 2. The molecule has 0 atom stereocenters. The van der Waals surface area contributed by atoms with Crippen LogP contribution in [0.25, 0.3) is 0 Å². The molecule has 2 rings (SSSR count). The molecule has 1 amide bonds. The Morgan fingerprint density at radius 2 is 1.83 bits per heavy atom. The van der Waals surface area contributed by atoms with Gasteiger partial charge >= 0.3 is 0 Å². The minimum absolute atomic E-state index is 0. The van der Waals surface area contributed by atoms with Crippen molar-refractivity contribution in [1.29, 1.82) is 0 Å². The Hall–Kier alpha value is -2.09. The van der Waals surface area contributed by atoms with Crippen LogP contribution in [0, 0.1) is 13.8 Å². The fourth-order valence-corrected chi connectivity index (χ4v) is 3.09. The molecule has 0 heterocycles. The smallest absolute Gasteiger partial charge is 0.251 e. The van der Waals surface area contributed by atoms with Crippen molar-refractivity contribution in [1.82, 2.24) is 16.0 Å². The first-order valence-corrected chi connectivity index (χ1v) is 9.92. The Labute approximate surface area is 191 Å². The summed E-state index contributed by atoms with van der Waals surface area (Å²) >= 11 is 0. The summed E-state index contributed by atoms with van der Waals surface area (Å²) in [5.41, 5.74) is 5.77. The van der Waals surface area contributed by atoms with Crippen molar-refractivity contribution in [3.8, 4) is 0 Å². The summed E-state index contributed by atoms with van der Waals surface area (Å²) in [7, 11) is 1.65. The minimum Gasteiger partial charge on any atom is -0.357 e. The van der Waals surface area contributed by atoms with Gasteiger partial charge in [-0.15, -0.1) is 24.0 Å². The third-order valence-corrected chi connectivity index (χ3v) is 4.62. The van der Waals surface area contributed by atoms with Crippen molar-refractivity contribution in [2.45, 2.75) is 33.6 Å². The van der Waals surface area contributed by atoms with E-state index >= 15 is 0 Å². The molecule has 5 nitrogen and oxygen atoms in total. The average molecular weight is 508 g/mol. The molecule has 0 aliphatic carbocycles. The van der Waals surface area contributed by atoms with Gasteiger partial charge in [-0.05, 0) is 62.4 Å². The van der Waals surface area contributed by atoms with Gasteiger partial charge in [0.1, 0.15) is 0 Å². The fraction of sp³-hybridized carbons (Fsp3) is 0.391. The average Bonchev–Trinajstić information content (AvgIpc) is 2.69. The summed E-state index contributed by atoms with van der Waals surface area (Å²) in [5, 5.41) is 9.33. The maximum absolute atomic E-state index is 11.8. The lowest BCUT2D eigenvalue weighted by atomic mass is 10.0. The number of aryl methyl sites for hydroxylation is 2. The fourth-order valence-electron chi connectivity index (χ4n) is 3.09. The van der Waals surface area contributed by atoms with Gasteiger partial charge in [0.15, 0.2) is 5.96 Å². The van der Waals surface area contributed by atoms with Crippen LogP contribution < -0.4 is 16.0 Å². The third-order valence-electron chi connectivity index (χ3n) is 4.62. The van der Waals surface area contributed by atoms with Gasteiger partial charge in [0, 0.05) is 32.2 Å². The van der Waals surface area contributed by atoms with E-state index in [0.29, 0.717) is 5.56 Å². The summed E-state index contributed by atoms with van der Waals surface area (Å²) < 4.78 is 0. The standard InChI is InChI=1S/C23H32N4O.HI/c1-5-25-23(27-14-12-20-10-9-17(2)15-18(20)3)26-13-11-19-7-6-8-21(16-19)22(28)24-4;/h6-10,15-16H,5,11-14H2,1-4H3,(H,24,28)(H2,25,26,27);1H. The maximum atomic E-state index is 11.8. The molecule has 0 saturated heterocycles. The number of hydrogen-bond donors (Lipinski definition) is 3. The number of aliphatic imine (C=N–C) groups is 1. The third kappa shape index (κ3) is 8.43. The van der Waals surface area contributed by atoms with Gasteiger partial charge in [0.05, 0.1) is 0 Å². The number of nitrogens with zero attached hydrogens (tertiary/aromatic N) is 1. The molecule has 29 heavy (non-hydrogen) atoms. The van der Waals surface area contributed by atoms with E-state index in [2.05, 4.69) is 54.9 Å². The minimum atomic E-state index is -0.0592. The lowest BCUT2D eigenvalue weighted by Gasteiger charge is -2.12. The van der Waals surface area contributed by atoms with Gasteiger partial charge in [-0.25, -0.2) is 0 Å². The first-order valence-electron chi connectivity index (χ1n) is 9.92. The van der Waals surface area contributed by atoms with Gasteiger partial charge in [-0.1, -0.05) is 35.9 Å². The molecular formula is C23H33IN4O. The number of carbonyl (C=O) groups is 1. The number of rotatable bonds is 8. The molecule has 0 fully saturated rings. The van der Waals surface area contributed by atoms with Crippen molar-refractivity contribution in [2.24, 2.45) is 4.99 Å². The summed E-state index contributed by atoms with van der Waals surface area (Å²) in [6, 6.07) is 14.3. The zero-order chi connectivity index (χ0) is 20.4. The molecule has 6 heteroatoms. The summed E-state index contributed by atoms with van der Waals surface area (Å²) in [6.07, 6.45) is 1.75. The molecule has 0 spiro atoms. The Morgan fingerprint density at radius 1 is 1.03 bits per heavy atom. The molecule has 2 aromatic rings. The molecule has 0 bridgehead atoms. The highest BCUT2D eigenvalue weighted by Crippen LogP contribution is 2.11. The van der Waals surface area contributed by atoms with Crippen molar-refractivity contribution >= 4 is 35.8 Å². The number of guanidine groups is 1. The normalized spacial score (nSPS) is 10.8. The molecule has 3 N–H and O–H groups in total. The van der Waals surface area contributed by atoms with Crippen LogP contribution in [0.4, 0.5) is 0 Å². The Kier molecular flexibility index (Phi) is 11.3. The predicted molar refractivity (Wildman–Crippen MR) is 133 cm³/mol. The van der Waals surface area contributed by atoms with Crippen LogP contribution in [0.15, 0.2) is 47.5 Å². The highest BCUT2D eigenvalue weighted by molar-refractivity contribution is 14.0.